The fourth-order valence-electron chi connectivity index (χ4n) is 2.30. The first-order chi connectivity index (χ1) is 9.66. The van der Waals surface area contributed by atoms with E-state index < -0.39 is 5.82 Å². The number of nitrogens with zero attached hydrogens (tertiary/aromatic N) is 2. The highest BCUT2D eigenvalue weighted by Crippen LogP contribution is 2.28. The number of benzene rings is 1. The maximum absolute atomic E-state index is 13.9. The number of carbonyl (C=O) groups excluding carboxylic acids is 1. The van der Waals surface area contributed by atoms with Crippen molar-refractivity contribution in [3.05, 3.63) is 47.7 Å². The SMILES string of the molecule is CC(=O)c1ccc(-c2nccnc2C2CNC2)cc1F. The maximum atomic E-state index is 13.9. The van der Waals surface area contributed by atoms with Crippen LogP contribution in [0.1, 0.15) is 28.9 Å². The van der Waals surface area contributed by atoms with Crippen LogP contribution in [0.25, 0.3) is 11.3 Å². The van der Waals surface area contributed by atoms with Crippen molar-refractivity contribution in [3.63, 3.8) is 0 Å². The summed E-state index contributed by atoms with van der Waals surface area (Å²) in [4.78, 5) is 20.0. The van der Waals surface area contributed by atoms with Crippen molar-refractivity contribution < 1.29 is 9.18 Å². The number of rotatable bonds is 3. The molecule has 2 heterocycles. The average Bonchev–Trinajstić information content (AvgIpc) is 2.37. The van der Waals surface area contributed by atoms with Gasteiger partial charge in [0, 0.05) is 37.0 Å². The molecule has 0 radical (unpaired) electrons. The van der Waals surface area contributed by atoms with E-state index in [1.54, 1.807) is 18.5 Å². The zero-order valence-corrected chi connectivity index (χ0v) is 11.1. The molecule has 0 unspecified atom stereocenters. The molecule has 1 aliphatic rings. The van der Waals surface area contributed by atoms with Gasteiger partial charge in [0.25, 0.3) is 0 Å². The van der Waals surface area contributed by atoms with Crippen LogP contribution in [0.5, 0.6) is 0 Å². The quantitative estimate of drug-likeness (QED) is 0.869. The van der Waals surface area contributed by atoms with Crippen molar-refractivity contribution in [1.82, 2.24) is 15.3 Å². The lowest BCUT2D eigenvalue weighted by Gasteiger charge is -2.27. The van der Waals surface area contributed by atoms with Gasteiger partial charge < -0.3 is 5.32 Å². The van der Waals surface area contributed by atoms with E-state index in [2.05, 4.69) is 15.3 Å². The van der Waals surface area contributed by atoms with Gasteiger partial charge in [0.2, 0.25) is 0 Å². The highest BCUT2D eigenvalue weighted by Gasteiger charge is 2.24. The van der Waals surface area contributed by atoms with E-state index in [-0.39, 0.29) is 11.3 Å². The molecule has 2 aromatic rings. The predicted octanol–water partition coefficient (Wildman–Crippen LogP) is 2.17. The molecule has 0 saturated carbocycles. The van der Waals surface area contributed by atoms with E-state index in [1.807, 2.05) is 0 Å². The van der Waals surface area contributed by atoms with Crippen molar-refractivity contribution >= 4 is 5.78 Å². The number of ketones is 1. The second-order valence-electron chi connectivity index (χ2n) is 4.90. The largest absolute Gasteiger partial charge is 0.315 e. The van der Waals surface area contributed by atoms with Gasteiger partial charge in [-0.05, 0) is 19.1 Å². The fourth-order valence-corrected chi connectivity index (χ4v) is 2.30. The molecule has 20 heavy (non-hydrogen) atoms. The monoisotopic (exact) mass is 271 g/mol. The molecular formula is C15H14FN3O. The summed E-state index contributed by atoms with van der Waals surface area (Å²) in [6.45, 7) is 3.07. The number of hydrogen-bond acceptors (Lipinski definition) is 4. The zero-order valence-electron chi connectivity index (χ0n) is 11.1. The molecule has 0 bridgehead atoms. The molecule has 0 atom stereocenters. The molecule has 5 heteroatoms. The van der Waals surface area contributed by atoms with Gasteiger partial charge in [0.1, 0.15) is 5.82 Å². The summed E-state index contributed by atoms with van der Waals surface area (Å²) in [7, 11) is 0. The summed E-state index contributed by atoms with van der Waals surface area (Å²) >= 11 is 0. The van der Waals surface area contributed by atoms with Gasteiger partial charge in [-0.25, -0.2) is 4.39 Å². The van der Waals surface area contributed by atoms with Crippen LogP contribution in [0.4, 0.5) is 4.39 Å². The topological polar surface area (TPSA) is 54.9 Å². The minimum Gasteiger partial charge on any atom is -0.315 e. The molecular weight excluding hydrogens is 257 g/mol. The lowest BCUT2D eigenvalue weighted by Crippen LogP contribution is -2.40. The van der Waals surface area contributed by atoms with Gasteiger partial charge in [0.05, 0.1) is 17.0 Å². The van der Waals surface area contributed by atoms with Crippen molar-refractivity contribution in [1.29, 1.82) is 0 Å². The molecule has 1 N–H and O–H groups in total. The Morgan fingerprint density at radius 1 is 1.30 bits per heavy atom. The Kier molecular flexibility index (Phi) is 3.28. The Morgan fingerprint density at radius 2 is 2.05 bits per heavy atom. The van der Waals surface area contributed by atoms with E-state index in [1.165, 1.54) is 19.1 Å². The molecule has 1 aliphatic heterocycles. The lowest BCUT2D eigenvalue weighted by atomic mass is 9.94. The normalized spacial score (nSPS) is 14.9. The summed E-state index contributed by atoms with van der Waals surface area (Å²) in [6.07, 6.45) is 3.25. The molecule has 1 aromatic carbocycles. The molecule has 0 aliphatic carbocycles. The molecule has 1 fully saturated rings. The van der Waals surface area contributed by atoms with Crippen LogP contribution in [0.3, 0.4) is 0 Å². The number of Topliss-reactive ketones (excluding diaryl/α,β-unsaturated/α-hetero) is 1. The molecule has 102 valence electrons. The summed E-state index contributed by atoms with van der Waals surface area (Å²) in [5.74, 6) is -0.482. The number of hydrogen-bond donors (Lipinski definition) is 1. The second-order valence-corrected chi connectivity index (χ2v) is 4.90. The summed E-state index contributed by atoms with van der Waals surface area (Å²) in [5, 5.41) is 3.19. The molecule has 4 nitrogen and oxygen atoms in total. The third-order valence-electron chi connectivity index (χ3n) is 3.52. The zero-order chi connectivity index (χ0) is 14.1. The van der Waals surface area contributed by atoms with Crippen molar-refractivity contribution in [2.45, 2.75) is 12.8 Å². The Bertz CT molecular complexity index is 668. The Balaban J connectivity index is 2.05. The molecule has 0 spiro atoms. The van der Waals surface area contributed by atoms with Gasteiger partial charge in [-0.2, -0.15) is 0 Å². The van der Waals surface area contributed by atoms with E-state index in [9.17, 15) is 9.18 Å². The van der Waals surface area contributed by atoms with Crippen molar-refractivity contribution in [2.75, 3.05) is 13.1 Å². The number of halogens is 1. The molecule has 0 amide bonds. The van der Waals surface area contributed by atoms with E-state index in [0.29, 0.717) is 17.2 Å². The number of aromatic nitrogens is 2. The minimum atomic E-state index is -0.515. The molecule has 1 aromatic heterocycles. The second kappa shape index (κ2) is 5.09. The van der Waals surface area contributed by atoms with E-state index in [0.717, 1.165) is 18.8 Å². The Labute approximate surface area is 116 Å². The van der Waals surface area contributed by atoms with E-state index >= 15 is 0 Å². The summed E-state index contributed by atoms with van der Waals surface area (Å²) < 4.78 is 13.9. The van der Waals surface area contributed by atoms with Gasteiger partial charge in [-0.3, -0.25) is 14.8 Å². The van der Waals surface area contributed by atoms with Crippen LogP contribution in [-0.2, 0) is 0 Å². The standard InChI is InChI=1S/C15H14FN3O/c1-9(20)12-3-2-10(6-13(12)16)14-15(11-7-17-8-11)19-5-4-18-14/h2-6,11,17H,7-8H2,1H3. The van der Waals surface area contributed by atoms with E-state index in [4.69, 9.17) is 0 Å². The maximum Gasteiger partial charge on any atom is 0.162 e. The third-order valence-corrected chi connectivity index (χ3v) is 3.52. The van der Waals surface area contributed by atoms with Crippen molar-refractivity contribution in [2.24, 2.45) is 0 Å². The van der Waals surface area contributed by atoms with Gasteiger partial charge in [0.15, 0.2) is 5.78 Å². The summed E-state index contributed by atoms with van der Waals surface area (Å²) in [5.41, 5.74) is 2.32. The molecule has 1 saturated heterocycles. The van der Waals surface area contributed by atoms with Crippen LogP contribution in [0.2, 0.25) is 0 Å². The number of carbonyl (C=O) groups is 1. The fraction of sp³-hybridized carbons (Fsp3) is 0.267. The van der Waals surface area contributed by atoms with Gasteiger partial charge >= 0.3 is 0 Å². The summed E-state index contributed by atoms with van der Waals surface area (Å²) in [6, 6.07) is 4.58. The average molecular weight is 271 g/mol. The van der Waals surface area contributed by atoms with Gasteiger partial charge in [-0.15, -0.1) is 0 Å². The third kappa shape index (κ3) is 2.20. The van der Waals surface area contributed by atoms with Crippen LogP contribution < -0.4 is 5.32 Å². The van der Waals surface area contributed by atoms with Crippen molar-refractivity contribution in [3.8, 4) is 11.3 Å². The molecule has 3 rings (SSSR count). The minimum absolute atomic E-state index is 0.101. The highest BCUT2D eigenvalue weighted by atomic mass is 19.1. The highest BCUT2D eigenvalue weighted by molar-refractivity contribution is 5.94. The Morgan fingerprint density at radius 3 is 2.65 bits per heavy atom. The Hall–Kier alpha value is -2.14. The van der Waals surface area contributed by atoms with Crippen LogP contribution in [0, 0.1) is 5.82 Å². The smallest absolute Gasteiger partial charge is 0.162 e. The van der Waals surface area contributed by atoms with Gasteiger partial charge in [-0.1, -0.05) is 6.07 Å². The lowest BCUT2D eigenvalue weighted by molar-refractivity contribution is 0.101. The number of nitrogens with one attached hydrogen (secondary N) is 1. The van der Waals surface area contributed by atoms with Crippen LogP contribution >= 0.6 is 0 Å². The first-order valence-electron chi connectivity index (χ1n) is 6.49. The van der Waals surface area contributed by atoms with Crippen LogP contribution in [0.15, 0.2) is 30.6 Å². The predicted molar refractivity (Wildman–Crippen MR) is 73.0 cm³/mol. The van der Waals surface area contributed by atoms with Crippen LogP contribution in [-0.4, -0.2) is 28.8 Å². The first kappa shape index (κ1) is 12.9. The first-order valence-corrected chi connectivity index (χ1v) is 6.49.